The van der Waals surface area contributed by atoms with E-state index in [2.05, 4.69) is 0 Å². The highest BCUT2D eigenvalue weighted by atomic mass is 32.2. The molecule has 3 rings (SSSR count). The van der Waals surface area contributed by atoms with Gasteiger partial charge >= 0.3 is 6.18 Å². The second kappa shape index (κ2) is 6.30. The highest BCUT2D eigenvalue weighted by molar-refractivity contribution is 7.92. The number of benzene rings is 2. The molecular weight excluding hydrogens is 363 g/mol. The molecule has 140 valence electrons. The van der Waals surface area contributed by atoms with E-state index >= 15 is 0 Å². The van der Waals surface area contributed by atoms with Crippen molar-refractivity contribution in [3.05, 3.63) is 47.5 Å². The van der Waals surface area contributed by atoms with E-state index in [0.717, 1.165) is 16.0 Å². The largest absolute Gasteiger partial charge is 0.406 e. The molecule has 3 nitrogen and oxygen atoms in total. The third-order valence-electron chi connectivity index (χ3n) is 4.58. The molecule has 0 bridgehead atoms. The monoisotopic (exact) mass is 383 g/mol. The predicted octanol–water partition coefficient (Wildman–Crippen LogP) is 5.22. The Balaban J connectivity index is 2.30. The summed E-state index contributed by atoms with van der Waals surface area (Å²) in [5.41, 5.74) is 1.72. The first-order valence-electron chi connectivity index (χ1n) is 8.41. The molecule has 1 aliphatic rings. The van der Waals surface area contributed by atoms with E-state index in [-0.39, 0.29) is 27.1 Å². The topological polar surface area (TPSA) is 37.4 Å². The van der Waals surface area contributed by atoms with Gasteiger partial charge in [0.2, 0.25) is 9.84 Å². The Morgan fingerprint density at radius 2 is 1.69 bits per heavy atom. The van der Waals surface area contributed by atoms with Crippen LogP contribution in [0.25, 0.3) is 0 Å². The van der Waals surface area contributed by atoms with Crippen LogP contribution in [0.5, 0.6) is 0 Å². The molecule has 0 aliphatic carbocycles. The van der Waals surface area contributed by atoms with Crippen molar-refractivity contribution in [2.45, 2.75) is 49.1 Å². The van der Waals surface area contributed by atoms with Gasteiger partial charge in [-0.2, -0.15) is 13.2 Å². The van der Waals surface area contributed by atoms with Crippen molar-refractivity contribution < 1.29 is 21.6 Å². The summed E-state index contributed by atoms with van der Waals surface area (Å²) in [7, 11) is -3.88. The van der Waals surface area contributed by atoms with Crippen LogP contribution in [0.2, 0.25) is 0 Å². The molecule has 0 saturated carbocycles. The van der Waals surface area contributed by atoms with E-state index in [1.54, 1.807) is 12.1 Å². The molecule has 0 saturated heterocycles. The summed E-state index contributed by atoms with van der Waals surface area (Å²) in [6.07, 6.45) is -3.86. The van der Waals surface area contributed by atoms with Crippen molar-refractivity contribution in [3.63, 3.8) is 0 Å². The fourth-order valence-electron chi connectivity index (χ4n) is 3.15. The van der Waals surface area contributed by atoms with Gasteiger partial charge in [0, 0.05) is 0 Å². The third kappa shape index (κ3) is 3.20. The first-order valence-corrected chi connectivity index (χ1v) is 9.89. The van der Waals surface area contributed by atoms with Crippen LogP contribution in [-0.4, -0.2) is 21.1 Å². The van der Waals surface area contributed by atoms with Gasteiger partial charge in [-0.15, -0.1) is 0 Å². The van der Waals surface area contributed by atoms with Crippen LogP contribution in [0.4, 0.5) is 24.5 Å². The minimum atomic E-state index is -4.46. The van der Waals surface area contributed by atoms with Crippen LogP contribution in [-0.2, 0) is 16.3 Å². The van der Waals surface area contributed by atoms with Crippen LogP contribution in [0.3, 0.4) is 0 Å². The van der Waals surface area contributed by atoms with E-state index in [9.17, 15) is 21.6 Å². The van der Waals surface area contributed by atoms with E-state index in [1.165, 1.54) is 24.3 Å². The fraction of sp³-hybridized carbons (Fsp3) is 0.368. The number of anilines is 2. The zero-order valence-corrected chi connectivity index (χ0v) is 15.6. The van der Waals surface area contributed by atoms with Crippen LogP contribution >= 0.6 is 0 Å². The van der Waals surface area contributed by atoms with Crippen molar-refractivity contribution in [1.82, 2.24) is 0 Å². The SMILES string of the molecule is CCc1ccc2c(c1)N(CC(F)(F)F)c1ccc(C(C)C)cc1S2(=O)=O. The standard InChI is InChI=1S/C19H20F3NO2S/c1-4-13-5-8-17-16(9-13)23(11-19(20,21)22)15-7-6-14(12(2)3)10-18(15)26(17,24)25/h5-10,12H,4,11H2,1-3H3. The van der Waals surface area contributed by atoms with Crippen LogP contribution in [0.15, 0.2) is 46.2 Å². The summed E-state index contributed by atoms with van der Waals surface area (Å²) >= 11 is 0. The van der Waals surface area contributed by atoms with E-state index in [0.29, 0.717) is 6.42 Å². The third-order valence-corrected chi connectivity index (χ3v) is 6.41. The smallest absolute Gasteiger partial charge is 0.330 e. The predicted molar refractivity (Wildman–Crippen MR) is 94.9 cm³/mol. The molecule has 26 heavy (non-hydrogen) atoms. The highest BCUT2D eigenvalue weighted by Crippen LogP contribution is 2.46. The molecule has 0 N–H and O–H groups in total. The molecule has 2 aromatic carbocycles. The Labute approximate surface area is 151 Å². The molecule has 0 fully saturated rings. The molecular formula is C19H20F3NO2S. The molecule has 2 aromatic rings. The lowest BCUT2D eigenvalue weighted by molar-refractivity contribution is -0.118. The van der Waals surface area contributed by atoms with E-state index in [4.69, 9.17) is 0 Å². The van der Waals surface area contributed by atoms with Crippen molar-refractivity contribution in [2.24, 2.45) is 0 Å². The average molecular weight is 383 g/mol. The number of fused-ring (bicyclic) bond motifs is 2. The summed E-state index contributed by atoms with van der Waals surface area (Å²) in [5, 5.41) is 0. The number of hydrogen-bond donors (Lipinski definition) is 0. The molecule has 0 amide bonds. The van der Waals surface area contributed by atoms with Gasteiger partial charge in [-0.3, -0.25) is 0 Å². The van der Waals surface area contributed by atoms with Crippen molar-refractivity contribution in [3.8, 4) is 0 Å². The van der Waals surface area contributed by atoms with Gasteiger partial charge in [-0.25, -0.2) is 8.42 Å². The number of alkyl halides is 3. The van der Waals surface area contributed by atoms with Crippen molar-refractivity contribution in [2.75, 3.05) is 11.4 Å². The first-order chi connectivity index (χ1) is 12.0. The molecule has 0 atom stereocenters. The van der Waals surface area contributed by atoms with Gasteiger partial charge in [0.05, 0.1) is 21.2 Å². The Morgan fingerprint density at radius 1 is 1.00 bits per heavy atom. The zero-order valence-electron chi connectivity index (χ0n) is 14.8. The number of hydrogen-bond acceptors (Lipinski definition) is 3. The fourth-order valence-corrected chi connectivity index (χ4v) is 4.82. The number of halogens is 3. The number of aryl methyl sites for hydroxylation is 1. The minimum Gasteiger partial charge on any atom is -0.330 e. The summed E-state index contributed by atoms with van der Waals surface area (Å²) in [6, 6.07) is 9.27. The van der Waals surface area contributed by atoms with Crippen LogP contribution < -0.4 is 4.90 Å². The summed E-state index contributed by atoms with van der Waals surface area (Å²) < 4.78 is 65.8. The molecule has 0 radical (unpaired) electrons. The molecule has 0 spiro atoms. The summed E-state index contributed by atoms with van der Waals surface area (Å²) in [5.74, 6) is 0.0652. The Bertz CT molecular complexity index is 950. The Hall–Kier alpha value is -2.02. The number of nitrogens with zero attached hydrogens (tertiary/aromatic N) is 1. The van der Waals surface area contributed by atoms with Crippen LogP contribution in [0.1, 0.15) is 37.8 Å². The van der Waals surface area contributed by atoms with E-state index in [1.807, 2.05) is 20.8 Å². The summed E-state index contributed by atoms with van der Waals surface area (Å²) in [6.45, 7) is 4.45. The molecule has 0 unspecified atom stereocenters. The Morgan fingerprint density at radius 3 is 2.27 bits per heavy atom. The minimum absolute atomic E-state index is 0.0651. The lowest BCUT2D eigenvalue weighted by Gasteiger charge is -2.34. The normalized spacial score (nSPS) is 15.7. The van der Waals surface area contributed by atoms with Gasteiger partial charge in [-0.05, 0) is 47.7 Å². The Kier molecular flexibility index (Phi) is 4.55. The zero-order chi connectivity index (χ0) is 19.3. The van der Waals surface area contributed by atoms with Gasteiger partial charge in [0.25, 0.3) is 0 Å². The number of sulfone groups is 1. The average Bonchev–Trinajstić information content (AvgIpc) is 2.57. The van der Waals surface area contributed by atoms with Gasteiger partial charge in [0.15, 0.2) is 0 Å². The second-order valence-corrected chi connectivity index (χ2v) is 8.63. The highest BCUT2D eigenvalue weighted by Gasteiger charge is 2.40. The second-order valence-electron chi connectivity index (χ2n) is 6.74. The van der Waals surface area contributed by atoms with Gasteiger partial charge in [0.1, 0.15) is 6.54 Å². The van der Waals surface area contributed by atoms with Crippen molar-refractivity contribution in [1.29, 1.82) is 0 Å². The molecule has 7 heteroatoms. The molecule has 1 aliphatic heterocycles. The first kappa shape index (κ1) is 18.8. The molecule has 1 heterocycles. The van der Waals surface area contributed by atoms with Crippen molar-refractivity contribution >= 4 is 21.2 Å². The maximum Gasteiger partial charge on any atom is 0.406 e. The molecule has 0 aromatic heterocycles. The van der Waals surface area contributed by atoms with Crippen LogP contribution in [0, 0.1) is 0 Å². The van der Waals surface area contributed by atoms with Gasteiger partial charge < -0.3 is 4.90 Å². The lowest BCUT2D eigenvalue weighted by atomic mass is 10.0. The maximum absolute atomic E-state index is 13.2. The lowest BCUT2D eigenvalue weighted by Crippen LogP contribution is -2.34. The quantitative estimate of drug-likeness (QED) is 0.729. The van der Waals surface area contributed by atoms with E-state index < -0.39 is 22.6 Å². The van der Waals surface area contributed by atoms with Gasteiger partial charge in [-0.1, -0.05) is 32.9 Å². The summed E-state index contributed by atoms with van der Waals surface area (Å²) in [4.78, 5) is 0.923. The number of rotatable bonds is 3. The maximum atomic E-state index is 13.2.